The second-order valence-corrected chi connectivity index (χ2v) is 6.65. The molecule has 0 spiro atoms. The number of hydrogen-bond donors (Lipinski definition) is 0. The quantitative estimate of drug-likeness (QED) is 0.802. The first kappa shape index (κ1) is 18.2. The molecule has 0 aromatic carbocycles. The number of aromatic nitrogens is 1. The van der Waals surface area contributed by atoms with Crippen LogP contribution >= 0.6 is 0 Å². The Morgan fingerprint density at radius 1 is 1.38 bits per heavy atom. The number of nitrogens with zero attached hydrogens (tertiary/aromatic N) is 3. The van der Waals surface area contributed by atoms with Crippen molar-refractivity contribution in [2.75, 3.05) is 25.6 Å². The maximum absolute atomic E-state index is 13.1. The van der Waals surface area contributed by atoms with Gasteiger partial charge in [0.1, 0.15) is 6.04 Å². The highest BCUT2D eigenvalue weighted by atomic mass is 16.5. The van der Waals surface area contributed by atoms with Crippen LogP contribution in [0, 0.1) is 5.92 Å². The van der Waals surface area contributed by atoms with Gasteiger partial charge in [0.2, 0.25) is 17.7 Å². The number of likely N-dealkylation sites (N-methyl/N-ethyl adjacent to an activating group) is 1. The lowest BCUT2D eigenvalue weighted by molar-refractivity contribution is -0.141. The molecule has 1 aromatic rings. The van der Waals surface area contributed by atoms with Crippen LogP contribution < -0.4 is 9.64 Å². The van der Waals surface area contributed by atoms with Gasteiger partial charge in [0, 0.05) is 26.1 Å². The van der Waals surface area contributed by atoms with Crippen molar-refractivity contribution in [2.24, 2.45) is 5.92 Å². The van der Waals surface area contributed by atoms with Crippen LogP contribution in [0.4, 0.5) is 5.69 Å². The van der Waals surface area contributed by atoms with Crippen molar-refractivity contribution in [3.05, 3.63) is 18.3 Å². The minimum absolute atomic E-state index is 0.0640. The molecule has 1 atom stereocenters. The van der Waals surface area contributed by atoms with E-state index in [4.69, 9.17) is 4.74 Å². The maximum Gasteiger partial charge on any atom is 0.249 e. The molecule has 6 heteroatoms. The molecule has 1 aliphatic rings. The van der Waals surface area contributed by atoms with Crippen molar-refractivity contribution in [1.82, 2.24) is 9.88 Å². The number of amides is 2. The molecule has 2 heterocycles. The van der Waals surface area contributed by atoms with Crippen LogP contribution in [0.1, 0.15) is 39.5 Å². The Morgan fingerprint density at radius 2 is 2.12 bits per heavy atom. The first-order valence-corrected chi connectivity index (χ1v) is 8.51. The van der Waals surface area contributed by atoms with Gasteiger partial charge in [0.25, 0.3) is 0 Å². The van der Waals surface area contributed by atoms with Crippen LogP contribution in [-0.4, -0.2) is 48.4 Å². The number of rotatable bonds is 6. The molecule has 132 valence electrons. The molecule has 1 aromatic heterocycles. The van der Waals surface area contributed by atoms with E-state index in [9.17, 15) is 9.59 Å². The molecular weight excluding hydrogens is 306 g/mol. The van der Waals surface area contributed by atoms with Crippen LogP contribution in [0.5, 0.6) is 5.88 Å². The fourth-order valence-electron chi connectivity index (χ4n) is 3.01. The lowest BCUT2D eigenvalue weighted by Crippen LogP contribution is -2.52. The predicted octanol–water partition coefficient (Wildman–Crippen LogP) is 2.48. The Labute approximate surface area is 143 Å². The summed E-state index contributed by atoms with van der Waals surface area (Å²) in [6.45, 7) is 4.81. The molecule has 1 aliphatic heterocycles. The Hall–Kier alpha value is -2.11. The van der Waals surface area contributed by atoms with Crippen molar-refractivity contribution in [3.8, 4) is 5.88 Å². The molecule has 24 heavy (non-hydrogen) atoms. The zero-order valence-electron chi connectivity index (χ0n) is 15.0. The van der Waals surface area contributed by atoms with Crippen LogP contribution in [0.25, 0.3) is 0 Å². The van der Waals surface area contributed by atoms with Gasteiger partial charge >= 0.3 is 0 Å². The largest absolute Gasteiger partial charge is 0.481 e. The minimum atomic E-state index is -0.412. The smallest absolute Gasteiger partial charge is 0.249 e. The average Bonchev–Trinajstić information content (AvgIpc) is 2.59. The molecule has 1 unspecified atom stereocenters. The normalized spacial score (nSPS) is 16.2. The van der Waals surface area contributed by atoms with Crippen LogP contribution in [-0.2, 0) is 9.59 Å². The molecule has 2 rings (SSSR count). The van der Waals surface area contributed by atoms with Crippen molar-refractivity contribution in [3.63, 3.8) is 0 Å². The van der Waals surface area contributed by atoms with Crippen molar-refractivity contribution in [2.45, 2.75) is 45.6 Å². The van der Waals surface area contributed by atoms with E-state index >= 15 is 0 Å². The number of piperidine rings is 1. The molecule has 0 bridgehead atoms. The Kier molecular flexibility index (Phi) is 6.17. The number of anilines is 1. The topological polar surface area (TPSA) is 62.7 Å². The van der Waals surface area contributed by atoms with E-state index in [0.717, 1.165) is 12.8 Å². The summed E-state index contributed by atoms with van der Waals surface area (Å²) in [5, 5.41) is 0. The maximum atomic E-state index is 13.1. The number of hydrogen-bond acceptors (Lipinski definition) is 4. The van der Waals surface area contributed by atoms with E-state index in [-0.39, 0.29) is 11.8 Å². The molecule has 1 fully saturated rings. The fraction of sp³-hybridized carbons (Fsp3) is 0.611. The SMILES string of the molecule is COc1ccc(N(C)C(=O)C(CC(C)C)N2CCCCC2=O)cn1. The van der Waals surface area contributed by atoms with E-state index in [0.29, 0.717) is 36.9 Å². The standard InChI is InChI=1S/C18H27N3O3/c1-13(2)11-15(21-10-6-5-7-17(21)22)18(23)20(3)14-8-9-16(24-4)19-12-14/h8-9,12-13,15H,5-7,10-11H2,1-4H3. The number of methoxy groups -OCH3 is 1. The zero-order valence-corrected chi connectivity index (χ0v) is 15.0. The molecule has 0 saturated carbocycles. The third-order valence-corrected chi connectivity index (χ3v) is 4.36. The third kappa shape index (κ3) is 4.24. The number of carbonyl (C=O) groups is 2. The van der Waals surface area contributed by atoms with E-state index in [1.807, 2.05) is 0 Å². The lowest BCUT2D eigenvalue weighted by atomic mass is 9.98. The van der Waals surface area contributed by atoms with Gasteiger partial charge in [-0.05, 0) is 31.2 Å². The highest BCUT2D eigenvalue weighted by Gasteiger charge is 2.33. The first-order valence-electron chi connectivity index (χ1n) is 8.51. The highest BCUT2D eigenvalue weighted by molar-refractivity contribution is 5.98. The summed E-state index contributed by atoms with van der Waals surface area (Å²) in [6, 6.07) is 3.11. The van der Waals surface area contributed by atoms with Crippen LogP contribution in [0.15, 0.2) is 18.3 Å². The number of likely N-dealkylation sites (tertiary alicyclic amines) is 1. The molecular formula is C18H27N3O3. The molecule has 1 saturated heterocycles. The first-order chi connectivity index (χ1) is 11.4. The fourth-order valence-corrected chi connectivity index (χ4v) is 3.01. The van der Waals surface area contributed by atoms with E-state index in [1.54, 1.807) is 42.3 Å². The Bertz CT molecular complexity index is 571. The van der Waals surface area contributed by atoms with Crippen LogP contribution in [0.3, 0.4) is 0 Å². The summed E-state index contributed by atoms with van der Waals surface area (Å²) in [5.41, 5.74) is 0.694. The van der Waals surface area contributed by atoms with Gasteiger partial charge in [-0.2, -0.15) is 0 Å². The zero-order chi connectivity index (χ0) is 17.7. The summed E-state index contributed by atoms with van der Waals surface area (Å²) in [6.07, 6.45) is 4.69. The molecule has 2 amide bonds. The number of pyridine rings is 1. The summed E-state index contributed by atoms with van der Waals surface area (Å²) in [5.74, 6) is 0.855. The van der Waals surface area contributed by atoms with Crippen molar-refractivity contribution in [1.29, 1.82) is 0 Å². The molecule has 0 aliphatic carbocycles. The van der Waals surface area contributed by atoms with Gasteiger partial charge in [-0.1, -0.05) is 13.8 Å². The molecule has 0 N–H and O–H groups in total. The number of carbonyl (C=O) groups excluding carboxylic acids is 2. The summed E-state index contributed by atoms with van der Waals surface area (Å²) < 4.78 is 5.05. The van der Waals surface area contributed by atoms with E-state index in [1.165, 1.54) is 0 Å². The van der Waals surface area contributed by atoms with Gasteiger partial charge in [-0.25, -0.2) is 4.98 Å². The van der Waals surface area contributed by atoms with E-state index in [2.05, 4.69) is 18.8 Å². The van der Waals surface area contributed by atoms with Gasteiger partial charge < -0.3 is 14.5 Å². The van der Waals surface area contributed by atoms with Gasteiger partial charge in [0.15, 0.2) is 0 Å². The predicted molar refractivity (Wildman–Crippen MR) is 93.0 cm³/mol. The van der Waals surface area contributed by atoms with Gasteiger partial charge in [-0.15, -0.1) is 0 Å². The van der Waals surface area contributed by atoms with Crippen molar-refractivity contribution < 1.29 is 14.3 Å². The summed E-state index contributed by atoms with van der Waals surface area (Å²) >= 11 is 0. The third-order valence-electron chi connectivity index (χ3n) is 4.36. The Balaban J connectivity index is 2.20. The lowest BCUT2D eigenvalue weighted by Gasteiger charge is -2.36. The second-order valence-electron chi connectivity index (χ2n) is 6.65. The van der Waals surface area contributed by atoms with Crippen molar-refractivity contribution >= 4 is 17.5 Å². The van der Waals surface area contributed by atoms with E-state index < -0.39 is 6.04 Å². The molecule has 0 radical (unpaired) electrons. The summed E-state index contributed by atoms with van der Waals surface area (Å²) in [4.78, 5) is 32.8. The highest BCUT2D eigenvalue weighted by Crippen LogP contribution is 2.23. The summed E-state index contributed by atoms with van der Waals surface area (Å²) in [7, 11) is 3.28. The average molecular weight is 333 g/mol. The van der Waals surface area contributed by atoms with Crippen LogP contribution in [0.2, 0.25) is 0 Å². The monoisotopic (exact) mass is 333 g/mol. The van der Waals surface area contributed by atoms with Gasteiger partial charge in [-0.3, -0.25) is 9.59 Å². The number of ether oxygens (including phenoxy) is 1. The minimum Gasteiger partial charge on any atom is -0.481 e. The Morgan fingerprint density at radius 3 is 2.67 bits per heavy atom. The van der Waals surface area contributed by atoms with Gasteiger partial charge in [0.05, 0.1) is 19.0 Å². The molecule has 6 nitrogen and oxygen atoms in total. The second kappa shape index (κ2) is 8.13.